The van der Waals surface area contributed by atoms with Crippen molar-refractivity contribution in [2.75, 3.05) is 19.6 Å². The molecule has 0 aromatic carbocycles. The number of hydrogen-bond acceptors (Lipinski definition) is 3. The Morgan fingerprint density at radius 3 is 2.52 bits per heavy atom. The molecule has 1 unspecified atom stereocenters. The second kappa shape index (κ2) is 5.83. The largest absolute Gasteiger partial charge is 0.481 e. The quantitative estimate of drug-likeness (QED) is 0.711. The lowest BCUT2D eigenvalue weighted by Crippen LogP contribution is -2.48. The van der Waals surface area contributed by atoms with E-state index in [0.717, 1.165) is 38.4 Å². The van der Waals surface area contributed by atoms with Crippen molar-refractivity contribution in [2.45, 2.75) is 57.0 Å². The Morgan fingerprint density at radius 1 is 1.19 bits per heavy atom. The molecule has 118 valence electrons. The second-order valence-corrected chi connectivity index (χ2v) is 6.83. The first-order valence-electron chi connectivity index (χ1n) is 8.11. The number of nitrogens with one attached hydrogen (secondary N) is 2. The van der Waals surface area contributed by atoms with E-state index in [9.17, 15) is 14.7 Å². The van der Waals surface area contributed by atoms with Crippen LogP contribution in [0.1, 0.15) is 44.9 Å². The third-order valence-electron chi connectivity index (χ3n) is 5.22. The van der Waals surface area contributed by atoms with Gasteiger partial charge in [-0.1, -0.05) is 12.8 Å². The molecule has 1 saturated heterocycles. The number of carbonyl (C=O) groups is 2. The molecule has 6 nitrogen and oxygen atoms in total. The summed E-state index contributed by atoms with van der Waals surface area (Å²) in [5.41, 5.74) is -0.743. The summed E-state index contributed by atoms with van der Waals surface area (Å²) in [4.78, 5) is 25.9. The maximum absolute atomic E-state index is 12.0. The van der Waals surface area contributed by atoms with E-state index >= 15 is 0 Å². The number of urea groups is 1. The molecular weight excluding hydrogens is 270 g/mol. The van der Waals surface area contributed by atoms with E-state index in [1.165, 1.54) is 12.8 Å². The lowest BCUT2D eigenvalue weighted by atomic mass is 9.86. The Balaban J connectivity index is 1.43. The van der Waals surface area contributed by atoms with Gasteiger partial charge in [-0.15, -0.1) is 0 Å². The van der Waals surface area contributed by atoms with E-state index in [-0.39, 0.29) is 18.6 Å². The molecule has 2 aliphatic carbocycles. The van der Waals surface area contributed by atoms with Crippen molar-refractivity contribution in [3.63, 3.8) is 0 Å². The van der Waals surface area contributed by atoms with Gasteiger partial charge >= 0.3 is 12.0 Å². The fourth-order valence-electron chi connectivity index (χ4n) is 3.68. The van der Waals surface area contributed by atoms with E-state index in [1.807, 2.05) is 0 Å². The molecule has 1 atom stereocenters. The molecule has 0 spiro atoms. The van der Waals surface area contributed by atoms with E-state index in [0.29, 0.717) is 12.8 Å². The summed E-state index contributed by atoms with van der Waals surface area (Å²) in [6, 6.07) is 0.730. The Morgan fingerprint density at radius 2 is 1.90 bits per heavy atom. The smallest absolute Gasteiger partial charge is 0.315 e. The topological polar surface area (TPSA) is 81.7 Å². The molecule has 2 amide bonds. The maximum atomic E-state index is 12.0. The molecule has 1 aliphatic heterocycles. The van der Waals surface area contributed by atoms with Gasteiger partial charge in [0.05, 0.1) is 5.41 Å². The fourth-order valence-corrected chi connectivity index (χ4v) is 3.68. The number of nitrogens with zero attached hydrogens (tertiary/aromatic N) is 1. The Hall–Kier alpha value is -1.30. The van der Waals surface area contributed by atoms with Crippen molar-refractivity contribution in [1.82, 2.24) is 15.5 Å². The average Bonchev–Trinajstić information content (AvgIpc) is 3.01. The first-order valence-corrected chi connectivity index (χ1v) is 8.11. The van der Waals surface area contributed by atoms with Crippen LogP contribution >= 0.6 is 0 Å². The summed E-state index contributed by atoms with van der Waals surface area (Å²) in [5.74, 6) is -0.777. The predicted molar refractivity (Wildman–Crippen MR) is 78.1 cm³/mol. The van der Waals surface area contributed by atoms with Gasteiger partial charge in [0.1, 0.15) is 0 Å². The van der Waals surface area contributed by atoms with E-state index in [2.05, 4.69) is 15.5 Å². The summed E-state index contributed by atoms with van der Waals surface area (Å²) in [6.07, 6.45) is 6.79. The summed E-state index contributed by atoms with van der Waals surface area (Å²) in [6.45, 7) is 2.24. The van der Waals surface area contributed by atoms with Crippen LogP contribution in [-0.4, -0.2) is 53.7 Å². The number of hydrogen-bond donors (Lipinski definition) is 3. The second-order valence-electron chi connectivity index (χ2n) is 6.83. The molecule has 1 heterocycles. The zero-order valence-electron chi connectivity index (χ0n) is 12.4. The Kier molecular flexibility index (Phi) is 4.06. The van der Waals surface area contributed by atoms with Gasteiger partial charge < -0.3 is 15.7 Å². The van der Waals surface area contributed by atoms with Crippen molar-refractivity contribution < 1.29 is 14.7 Å². The summed E-state index contributed by atoms with van der Waals surface area (Å²) < 4.78 is 0. The Labute approximate surface area is 125 Å². The third-order valence-corrected chi connectivity index (χ3v) is 5.22. The fraction of sp³-hybridized carbons (Fsp3) is 0.867. The number of likely N-dealkylation sites (tertiary alicyclic amines) is 1. The highest BCUT2D eigenvalue weighted by molar-refractivity contribution is 5.78. The predicted octanol–water partition coefficient (Wildman–Crippen LogP) is 1.17. The molecule has 2 saturated carbocycles. The van der Waals surface area contributed by atoms with Crippen LogP contribution in [0.25, 0.3) is 0 Å². The average molecular weight is 295 g/mol. The number of carboxylic acids is 1. The highest BCUT2D eigenvalue weighted by Crippen LogP contribution is 2.37. The van der Waals surface area contributed by atoms with Gasteiger partial charge in [-0.25, -0.2) is 4.79 Å². The number of amides is 2. The lowest BCUT2D eigenvalue weighted by molar-refractivity contribution is -0.148. The lowest BCUT2D eigenvalue weighted by Gasteiger charge is -2.24. The first-order chi connectivity index (χ1) is 10.1. The van der Waals surface area contributed by atoms with Gasteiger partial charge in [-0.2, -0.15) is 0 Å². The molecule has 3 N–H and O–H groups in total. The maximum Gasteiger partial charge on any atom is 0.315 e. The summed E-state index contributed by atoms with van der Waals surface area (Å²) in [7, 11) is 0. The van der Waals surface area contributed by atoms with Gasteiger partial charge in [-0.3, -0.25) is 9.69 Å². The van der Waals surface area contributed by atoms with E-state index < -0.39 is 11.4 Å². The van der Waals surface area contributed by atoms with Crippen molar-refractivity contribution in [3.05, 3.63) is 0 Å². The van der Waals surface area contributed by atoms with Crippen LogP contribution in [0, 0.1) is 5.41 Å². The van der Waals surface area contributed by atoms with Crippen molar-refractivity contribution in [2.24, 2.45) is 5.41 Å². The van der Waals surface area contributed by atoms with Crippen molar-refractivity contribution >= 4 is 12.0 Å². The minimum atomic E-state index is -0.777. The van der Waals surface area contributed by atoms with Crippen LogP contribution in [0.2, 0.25) is 0 Å². The zero-order valence-corrected chi connectivity index (χ0v) is 12.4. The molecule has 3 rings (SSSR count). The molecular formula is C15H25N3O3. The Bertz CT molecular complexity index is 416. The van der Waals surface area contributed by atoms with Gasteiger partial charge in [0.25, 0.3) is 0 Å². The van der Waals surface area contributed by atoms with Gasteiger partial charge in [0, 0.05) is 31.7 Å². The van der Waals surface area contributed by atoms with Crippen molar-refractivity contribution in [1.29, 1.82) is 0 Å². The molecule has 21 heavy (non-hydrogen) atoms. The minimum Gasteiger partial charge on any atom is -0.481 e. The first kappa shape index (κ1) is 14.6. The molecule has 0 bridgehead atoms. The highest BCUT2D eigenvalue weighted by atomic mass is 16.4. The molecule has 6 heteroatoms. The third kappa shape index (κ3) is 3.31. The van der Waals surface area contributed by atoms with Gasteiger partial charge in [0.15, 0.2) is 0 Å². The highest BCUT2D eigenvalue weighted by Gasteiger charge is 2.41. The number of carbonyl (C=O) groups excluding carboxylic acids is 1. The van der Waals surface area contributed by atoms with Crippen LogP contribution in [0.5, 0.6) is 0 Å². The summed E-state index contributed by atoms with van der Waals surface area (Å²) >= 11 is 0. The monoisotopic (exact) mass is 295 g/mol. The molecule has 0 radical (unpaired) electrons. The molecule has 3 fully saturated rings. The standard InChI is InChI=1S/C15H25N3O3/c19-13(20)15(6-1-2-7-15)10-16-14(21)17-11-5-8-18(9-11)12-3-4-12/h11-12H,1-10H2,(H,19,20)(H2,16,17,21). The van der Waals surface area contributed by atoms with Crippen molar-refractivity contribution in [3.8, 4) is 0 Å². The van der Waals surface area contributed by atoms with Gasteiger partial charge in [-0.05, 0) is 32.1 Å². The van der Waals surface area contributed by atoms with Gasteiger partial charge in [0.2, 0.25) is 0 Å². The minimum absolute atomic E-state index is 0.204. The molecule has 0 aromatic heterocycles. The number of rotatable bonds is 5. The molecule has 0 aromatic rings. The summed E-state index contributed by atoms with van der Waals surface area (Å²) in [5, 5.41) is 15.2. The van der Waals surface area contributed by atoms with Crippen LogP contribution in [0.15, 0.2) is 0 Å². The van der Waals surface area contributed by atoms with Crippen LogP contribution in [0.3, 0.4) is 0 Å². The zero-order chi connectivity index (χ0) is 14.9. The number of aliphatic carboxylic acids is 1. The van der Waals surface area contributed by atoms with E-state index in [1.54, 1.807) is 0 Å². The van der Waals surface area contributed by atoms with Crippen LogP contribution in [0.4, 0.5) is 4.79 Å². The van der Waals surface area contributed by atoms with Crippen LogP contribution < -0.4 is 10.6 Å². The SMILES string of the molecule is O=C(NCC1(C(=O)O)CCCC1)NC1CCN(C2CC2)C1. The molecule has 3 aliphatic rings. The normalized spacial score (nSPS) is 28.5. The number of carboxylic acid groups (broad SMARTS) is 1. The van der Waals surface area contributed by atoms with E-state index in [4.69, 9.17) is 0 Å². The van der Waals surface area contributed by atoms with Crippen LogP contribution in [-0.2, 0) is 4.79 Å².